The van der Waals surface area contributed by atoms with Crippen molar-refractivity contribution in [2.24, 2.45) is 0 Å². The van der Waals surface area contributed by atoms with E-state index in [9.17, 15) is 4.79 Å². The third kappa shape index (κ3) is 4.87. The van der Waals surface area contributed by atoms with Crippen LogP contribution in [0.4, 0.5) is 0 Å². The molecule has 0 rings (SSSR count). The molecule has 0 saturated heterocycles. The zero-order valence-electron chi connectivity index (χ0n) is 7.23. The minimum absolute atomic E-state index is 0.300. The summed E-state index contributed by atoms with van der Waals surface area (Å²) in [6.45, 7) is 3.42. The van der Waals surface area contributed by atoms with Gasteiger partial charge in [0.1, 0.15) is 0 Å². The number of carbonyl (C=O) groups excluding carboxylic acids is 1. The van der Waals surface area contributed by atoms with Crippen molar-refractivity contribution in [3.63, 3.8) is 0 Å². The summed E-state index contributed by atoms with van der Waals surface area (Å²) in [7, 11) is 0. The van der Waals surface area contributed by atoms with E-state index in [0.717, 1.165) is 6.08 Å². The molecule has 0 aliphatic rings. The second-order valence-electron chi connectivity index (χ2n) is 2.34. The van der Waals surface area contributed by atoms with Gasteiger partial charge in [0.25, 0.3) is 0 Å². The van der Waals surface area contributed by atoms with Crippen LogP contribution in [-0.2, 0) is 9.53 Å². The van der Waals surface area contributed by atoms with Gasteiger partial charge in [-0.1, -0.05) is 0 Å². The molecule has 0 bridgehead atoms. The van der Waals surface area contributed by atoms with Crippen molar-refractivity contribution in [2.75, 3.05) is 6.61 Å². The van der Waals surface area contributed by atoms with Gasteiger partial charge < -0.3 is 14.9 Å². The van der Waals surface area contributed by atoms with E-state index >= 15 is 0 Å². The first-order valence-corrected chi connectivity index (χ1v) is 3.79. The molecule has 0 saturated carbocycles. The Balaban J connectivity index is 3.81. The van der Waals surface area contributed by atoms with Gasteiger partial charge >= 0.3 is 5.97 Å². The molecule has 70 valence electrons. The summed E-state index contributed by atoms with van der Waals surface area (Å²) in [6.07, 6.45) is 0.397. The van der Waals surface area contributed by atoms with Gasteiger partial charge in [0.2, 0.25) is 0 Å². The Kier molecular flexibility index (Phi) is 5.32. The highest BCUT2D eigenvalue weighted by molar-refractivity contribution is 5.81. The van der Waals surface area contributed by atoms with E-state index < -0.39 is 18.2 Å². The van der Waals surface area contributed by atoms with Crippen LogP contribution in [0, 0.1) is 0 Å². The summed E-state index contributed by atoms with van der Waals surface area (Å²) >= 11 is 0. The van der Waals surface area contributed by atoms with E-state index in [1.165, 1.54) is 13.0 Å². The molecule has 0 spiro atoms. The van der Waals surface area contributed by atoms with Crippen molar-refractivity contribution in [1.29, 1.82) is 0 Å². The summed E-state index contributed by atoms with van der Waals surface area (Å²) in [5, 5.41) is 17.8. The molecule has 0 heterocycles. The standard InChI is InChI=1S/C8H14O4/c1-3-12-8(11)5-4-7(10)6(2)9/h4-7,9-10H,3H2,1-2H3/b5-4+/t6-,7-/m0/s1. The molecule has 4 nitrogen and oxygen atoms in total. The molecule has 2 atom stereocenters. The van der Waals surface area contributed by atoms with Crippen molar-refractivity contribution in [1.82, 2.24) is 0 Å². The van der Waals surface area contributed by atoms with Crippen molar-refractivity contribution >= 4 is 5.97 Å². The SMILES string of the molecule is CCOC(=O)/C=C/[C@H](O)[C@H](C)O. The minimum atomic E-state index is -1.02. The summed E-state index contributed by atoms with van der Waals surface area (Å²) in [5.41, 5.74) is 0. The lowest BCUT2D eigenvalue weighted by Gasteiger charge is -2.07. The number of ether oxygens (including phenoxy) is 1. The Morgan fingerprint density at radius 2 is 2.17 bits per heavy atom. The van der Waals surface area contributed by atoms with E-state index in [2.05, 4.69) is 4.74 Å². The number of hydrogen-bond acceptors (Lipinski definition) is 4. The zero-order valence-corrected chi connectivity index (χ0v) is 7.23. The summed E-state index contributed by atoms with van der Waals surface area (Å²) < 4.78 is 4.55. The van der Waals surface area contributed by atoms with Crippen LogP contribution in [0.15, 0.2) is 12.2 Å². The Morgan fingerprint density at radius 3 is 2.58 bits per heavy atom. The smallest absolute Gasteiger partial charge is 0.330 e. The molecule has 4 heteroatoms. The van der Waals surface area contributed by atoms with Gasteiger partial charge in [-0.3, -0.25) is 0 Å². The van der Waals surface area contributed by atoms with Crippen LogP contribution in [0.3, 0.4) is 0 Å². The van der Waals surface area contributed by atoms with Crippen LogP contribution < -0.4 is 0 Å². The first-order valence-electron chi connectivity index (χ1n) is 3.79. The van der Waals surface area contributed by atoms with Gasteiger partial charge in [-0.15, -0.1) is 0 Å². The van der Waals surface area contributed by atoms with E-state index in [-0.39, 0.29) is 0 Å². The molecule has 0 radical (unpaired) electrons. The minimum Gasteiger partial charge on any atom is -0.463 e. The maximum Gasteiger partial charge on any atom is 0.330 e. The molecular weight excluding hydrogens is 160 g/mol. The zero-order chi connectivity index (χ0) is 9.56. The Hall–Kier alpha value is -0.870. The van der Waals surface area contributed by atoms with Crippen molar-refractivity contribution < 1.29 is 19.7 Å². The van der Waals surface area contributed by atoms with Crippen LogP contribution in [0.2, 0.25) is 0 Å². The molecule has 0 aliphatic heterocycles. The fraction of sp³-hybridized carbons (Fsp3) is 0.625. The normalized spacial score (nSPS) is 16.0. The predicted octanol–water partition coefficient (Wildman–Crippen LogP) is -0.153. The summed E-state index contributed by atoms with van der Waals surface area (Å²) in [4.78, 5) is 10.7. The van der Waals surface area contributed by atoms with Crippen molar-refractivity contribution in [3.05, 3.63) is 12.2 Å². The fourth-order valence-electron chi connectivity index (χ4n) is 0.528. The first kappa shape index (κ1) is 11.1. The number of esters is 1. The Labute approximate surface area is 71.5 Å². The van der Waals surface area contributed by atoms with Crippen LogP contribution in [-0.4, -0.2) is 35.0 Å². The lowest BCUT2D eigenvalue weighted by Crippen LogP contribution is -2.20. The van der Waals surface area contributed by atoms with Crippen LogP contribution in [0.1, 0.15) is 13.8 Å². The number of carbonyl (C=O) groups is 1. The number of rotatable bonds is 4. The highest BCUT2D eigenvalue weighted by atomic mass is 16.5. The second kappa shape index (κ2) is 5.74. The molecule has 2 N–H and O–H groups in total. The lowest BCUT2D eigenvalue weighted by molar-refractivity contribution is -0.137. The molecular formula is C8H14O4. The van der Waals surface area contributed by atoms with E-state index in [1.54, 1.807) is 6.92 Å². The molecule has 0 aromatic heterocycles. The maximum atomic E-state index is 10.7. The average molecular weight is 174 g/mol. The second-order valence-corrected chi connectivity index (χ2v) is 2.34. The molecule has 0 aromatic rings. The number of hydrogen-bond donors (Lipinski definition) is 2. The van der Waals surface area contributed by atoms with E-state index in [0.29, 0.717) is 6.61 Å². The topological polar surface area (TPSA) is 66.8 Å². The Morgan fingerprint density at radius 1 is 1.58 bits per heavy atom. The summed E-state index contributed by atoms with van der Waals surface area (Å²) in [5.74, 6) is -0.516. The summed E-state index contributed by atoms with van der Waals surface area (Å²) in [6, 6.07) is 0. The van der Waals surface area contributed by atoms with E-state index in [4.69, 9.17) is 10.2 Å². The van der Waals surface area contributed by atoms with E-state index in [1.807, 2.05) is 0 Å². The average Bonchev–Trinajstić information content (AvgIpc) is 2.00. The molecule has 0 aromatic carbocycles. The van der Waals surface area contributed by atoms with Crippen molar-refractivity contribution in [3.8, 4) is 0 Å². The third-order valence-electron chi connectivity index (χ3n) is 1.21. The van der Waals surface area contributed by atoms with Gasteiger partial charge in [-0.05, 0) is 19.9 Å². The highest BCUT2D eigenvalue weighted by Crippen LogP contribution is 1.94. The molecule has 0 amide bonds. The van der Waals surface area contributed by atoms with Crippen molar-refractivity contribution in [2.45, 2.75) is 26.1 Å². The molecule has 12 heavy (non-hydrogen) atoms. The van der Waals surface area contributed by atoms with Gasteiger partial charge in [-0.25, -0.2) is 4.79 Å². The molecule has 0 aliphatic carbocycles. The highest BCUT2D eigenvalue weighted by Gasteiger charge is 2.06. The van der Waals surface area contributed by atoms with Crippen LogP contribution in [0.25, 0.3) is 0 Å². The van der Waals surface area contributed by atoms with Crippen LogP contribution >= 0.6 is 0 Å². The van der Waals surface area contributed by atoms with Crippen LogP contribution in [0.5, 0.6) is 0 Å². The third-order valence-corrected chi connectivity index (χ3v) is 1.21. The largest absolute Gasteiger partial charge is 0.463 e. The first-order chi connectivity index (χ1) is 5.57. The number of aliphatic hydroxyl groups is 2. The maximum absolute atomic E-state index is 10.7. The molecule has 0 fully saturated rings. The van der Waals surface area contributed by atoms with Gasteiger partial charge in [0.05, 0.1) is 18.8 Å². The lowest BCUT2D eigenvalue weighted by atomic mass is 10.2. The molecule has 0 unspecified atom stereocenters. The monoisotopic (exact) mass is 174 g/mol. The Bertz CT molecular complexity index is 162. The van der Waals surface area contributed by atoms with Gasteiger partial charge in [-0.2, -0.15) is 0 Å². The van der Waals surface area contributed by atoms with Gasteiger partial charge in [0.15, 0.2) is 0 Å². The quantitative estimate of drug-likeness (QED) is 0.459. The fourth-order valence-corrected chi connectivity index (χ4v) is 0.528. The number of aliphatic hydroxyl groups excluding tert-OH is 2. The van der Waals surface area contributed by atoms with Gasteiger partial charge in [0, 0.05) is 6.08 Å². The predicted molar refractivity (Wildman–Crippen MR) is 43.5 cm³/mol.